The molecule has 4 aromatic rings. The maximum Gasteiger partial charge on any atom is 0.329 e. The average molecular weight is 455 g/mol. The van der Waals surface area contributed by atoms with E-state index in [0.717, 1.165) is 6.20 Å². The Bertz CT molecular complexity index is 1390. The zero-order valence-electron chi connectivity index (χ0n) is 17.6. The predicted octanol–water partition coefficient (Wildman–Crippen LogP) is 4.83. The molecule has 2 N–H and O–H groups in total. The highest BCUT2D eigenvalue weighted by Gasteiger charge is 2.21. The van der Waals surface area contributed by atoms with Crippen LogP contribution in [-0.2, 0) is 0 Å². The highest BCUT2D eigenvalue weighted by atomic mass is 16.7. The summed E-state index contributed by atoms with van der Waals surface area (Å²) in [4.78, 5) is 32.4. The molecule has 0 spiro atoms. The Morgan fingerprint density at radius 2 is 1.71 bits per heavy atom. The SMILES string of the molecule is O=C(c1ccccc1)c1ccccc1Nc1nc(Nc2ccc3c(c2)OCO3)ncc1[N+](=O)[O-]. The van der Waals surface area contributed by atoms with Crippen molar-refractivity contribution in [2.45, 2.75) is 0 Å². The van der Waals surface area contributed by atoms with Gasteiger partial charge in [0.05, 0.1) is 10.6 Å². The van der Waals surface area contributed by atoms with Crippen LogP contribution in [-0.4, -0.2) is 27.5 Å². The number of hydrogen-bond acceptors (Lipinski definition) is 9. The second kappa shape index (κ2) is 8.87. The minimum atomic E-state index is -0.589. The summed E-state index contributed by atoms with van der Waals surface area (Å²) >= 11 is 0. The van der Waals surface area contributed by atoms with Crippen LogP contribution in [0.15, 0.2) is 79.0 Å². The molecule has 0 radical (unpaired) electrons. The lowest BCUT2D eigenvalue weighted by atomic mass is 10.0. The maximum atomic E-state index is 13.0. The molecule has 3 aromatic carbocycles. The molecule has 0 amide bonds. The topological polar surface area (TPSA) is 129 Å². The van der Waals surface area contributed by atoms with Crippen LogP contribution < -0.4 is 20.1 Å². The molecule has 1 aliphatic rings. The van der Waals surface area contributed by atoms with Gasteiger partial charge < -0.3 is 20.1 Å². The molecule has 5 rings (SSSR count). The van der Waals surface area contributed by atoms with Crippen molar-refractivity contribution in [2.75, 3.05) is 17.4 Å². The summed E-state index contributed by atoms with van der Waals surface area (Å²) in [6, 6.07) is 20.7. The summed E-state index contributed by atoms with van der Waals surface area (Å²) in [6.07, 6.45) is 1.10. The normalized spacial score (nSPS) is 11.6. The molecule has 1 aromatic heterocycles. The van der Waals surface area contributed by atoms with E-state index in [1.807, 2.05) is 6.07 Å². The largest absolute Gasteiger partial charge is 0.454 e. The number of carbonyl (C=O) groups excluding carboxylic acids is 1. The first-order chi connectivity index (χ1) is 16.6. The van der Waals surface area contributed by atoms with Crippen molar-refractivity contribution in [3.05, 3.63) is 100 Å². The Morgan fingerprint density at radius 1 is 0.941 bits per heavy atom. The number of benzene rings is 3. The van der Waals surface area contributed by atoms with E-state index in [1.165, 1.54) is 0 Å². The predicted molar refractivity (Wildman–Crippen MR) is 124 cm³/mol. The van der Waals surface area contributed by atoms with Crippen LogP contribution in [0.25, 0.3) is 0 Å². The third-order valence-corrected chi connectivity index (χ3v) is 5.06. The summed E-state index contributed by atoms with van der Waals surface area (Å²) in [5, 5.41) is 17.6. The number of nitro groups is 1. The first-order valence-electron chi connectivity index (χ1n) is 10.2. The first-order valence-corrected chi connectivity index (χ1v) is 10.2. The van der Waals surface area contributed by atoms with Gasteiger partial charge in [-0.25, -0.2) is 4.98 Å². The van der Waals surface area contributed by atoms with Crippen molar-refractivity contribution >= 4 is 34.6 Å². The smallest absolute Gasteiger partial charge is 0.329 e. The number of hydrogen-bond donors (Lipinski definition) is 2. The van der Waals surface area contributed by atoms with E-state index in [1.54, 1.807) is 66.7 Å². The molecule has 1 aliphatic heterocycles. The van der Waals surface area contributed by atoms with Gasteiger partial charge in [-0.05, 0) is 24.3 Å². The van der Waals surface area contributed by atoms with E-state index in [0.29, 0.717) is 34.0 Å². The molecule has 0 bridgehead atoms. The first kappa shape index (κ1) is 20.9. The molecule has 0 saturated heterocycles. The quantitative estimate of drug-likeness (QED) is 0.229. The molecule has 10 heteroatoms. The summed E-state index contributed by atoms with van der Waals surface area (Å²) in [6.45, 7) is 0.141. The number of rotatable bonds is 7. The molecule has 34 heavy (non-hydrogen) atoms. The fourth-order valence-electron chi connectivity index (χ4n) is 3.43. The molecule has 10 nitrogen and oxygen atoms in total. The lowest BCUT2D eigenvalue weighted by molar-refractivity contribution is -0.384. The zero-order valence-corrected chi connectivity index (χ0v) is 17.6. The minimum absolute atomic E-state index is 0.0587. The summed E-state index contributed by atoms with van der Waals surface area (Å²) in [7, 11) is 0. The van der Waals surface area contributed by atoms with Gasteiger partial charge >= 0.3 is 5.69 Å². The van der Waals surface area contributed by atoms with E-state index < -0.39 is 4.92 Å². The van der Waals surface area contributed by atoms with E-state index in [9.17, 15) is 14.9 Å². The van der Waals surface area contributed by atoms with Gasteiger partial charge in [-0.2, -0.15) is 4.98 Å². The van der Waals surface area contributed by atoms with Crippen molar-refractivity contribution < 1.29 is 19.2 Å². The van der Waals surface area contributed by atoms with Gasteiger partial charge in [0.1, 0.15) is 6.20 Å². The molecular formula is C24H17N5O5. The molecule has 0 unspecified atom stereocenters. The van der Waals surface area contributed by atoms with Crippen LogP contribution in [0, 0.1) is 10.1 Å². The number of nitrogens with zero attached hydrogens (tertiary/aromatic N) is 3. The summed E-state index contributed by atoms with van der Waals surface area (Å²) in [5.74, 6) is 1.03. The minimum Gasteiger partial charge on any atom is -0.454 e. The van der Waals surface area contributed by atoms with Gasteiger partial charge in [0.25, 0.3) is 0 Å². The highest BCUT2D eigenvalue weighted by molar-refractivity contribution is 6.12. The van der Waals surface area contributed by atoms with E-state index in [2.05, 4.69) is 20.6 Å². The summed E-state index contributed by atoms with van der Waals surface area (Å²) in [5.41, 5.74) is 1.51. The lowest BCUT2D eigenvalue weighted by Gasteiger charge is -2.12. The van der Waals surface area contributed by atoms with Crippen molar-refractivity contribution in [2.24, 2.45) is 0 Å². The van der Waals surface area contributed by atoms with Crippen LogP contribution in [0.1, 0.15) is 15.9 Å². The average Bonchev–Trinajstić information content (AvgIpc) is 3.32. The fourth-order valence-corrected chi connectivity index (χ4v) is 3.43. The Kier molecular flexibility index (Phi) is 5.45. The van der Waals surface area contributed by atoms with Gasteiger partial charge in [0.2, 0.25) is 18.6 Å². The van der Waals surface area contributed by atoms with Gasteiger partial charge in [-0.3, -0.25) is 14.9 Å². The fraction of sp³-hybridized carbons (Fsp3) is 0.0417. The van der Waals surface area contributed by atoms with Crippen LogP contribution in [0.3, 0.4) is 0 Å². The van der Waals surface area contributed by atoms with Gasteiger partial charge in [-0.15, -0.1) is 0 Å². The molecular weight excluding hydrogens is 438 g/mol. The second-order valence-electron chi connectivity index (χ2n) is 7.24. The number of fused-ring (bicyclic) bond motifs is 1. The van der Waals surface area contributed by atoms with Crippen LogP contribution in [0.4, 0.5) is 28.8 Å². The zero-order chi connectivity index (χ0) is 23.5. The second-order valence-corrected chi connectivity index (χ2v) is 7.24. The Morgan fingerprint density at radius 3 is 2.53 bits per heavy atom. The number of anilines is 4. The van der Waals surface area contributed by atoms with Crippen LogP contribution in [0.2, 0.25) is 0 Å². The number of carbonyl (C=O) groups is 1. The third-order valence-electron chi connectivity index (χ3n) is 5.06. The number of nitrogens with one attached hydrogen (secondary N) is 2. The number of aromatic nitrogens is 2. The number of ether oxygens (including phenoxy) is 2. The van der Waals surface area contributed by atoms with Crippen molar-refractivity contribution in [1.82, 2.24) is 9.97 Å². The van der Waals surface area contributed by atoms with E-state index >= 15 is 0 Å². The Balaban J connectivity index is 1.47. The monoisotopic (exact) mass is 455 g/mol. The summed E-state index contributed by atoms with van der Waals surface area (Å²) < 4.78 is 10.7. The number of ketones is 1. The maximum absolute atomic E-state index is 13.0. The molecule has 0 saturated carbocycles. The lowest BCUT2D eigenvalue weighted by Crippen LogP contribution is -2.08. The number of para-hydroxylation sites is 1. The van der Waals surface area contributed by atoms with Crippen LogP contribution >= 0.6 is 0 Å². The van der Waals surface area contributed by atoms with E-state index in [4.69, 9.17) is 9.47 Å². The Labute approximate surface area is 193 Å². The molecule has 0 fully saturated rings. The molecule has 2 heterocycles. The van der Waals surface area contributed by atoms with Crippen molar-refractivity contribution in [3.63, 3.8) is 0 Å². The Hall–Kier alpha value is -4.99. The molecule has 0 atom stereocenters. The highest BCUT2D eigenvalue weighted by Crippen LogP contribution is 2.35. The third kappa shape index (κ3) is 4.19. The van der Waals surface area contributed by atoms with Crippen molar-refractivity contribution in [3.8, 4) is 11.5 Å². The standard InChI is InChI=1S/C24H17N5O5/c30-22(15-6-2-1-3-7-15)17-8-4-5-9-18(17)27-23-19(29(31)32)13-25-24(28-23)26-16-10-11-20-21(12-16)34-14-33-20/h1-13H,14H2,(H2,25,26,27,28). The van der Waals surface area contributed by atoms with Crippen LogP contribution in [0.5, 0.6) is 11.5 Å². The van der Waals surface area contributed by atoms with Gasteiger partial charge in [-0.1, -0.05) is 42.5 Å². The van der Waals surface area contributed by atoms with E-state index in [-0.39, 0.29) is 30.0 Å². The van der Waals surface area contributed by atoms with Gasteiger partial charge in [0, 0.05) is 22.9 Å². The molecule has 168 valence electrons. The molecule has 0 aliphatic carbocycles. The van der Waals surface area contributed by atoms with Crippen molar-refractivity contribution in [1.29, 1.82) is 0 Å². The van der Waals surface area contributed by atoms with Gasteiger partial charge in [0.15, 0.2) is 17.3 Å².